The van der Waals surface area contributed by atoms with E-state index >= 15 is 0 Å². The van der Waals surface area contributed by atoms with E-state index in [0.717, 1.165) is 25.5 Å². The topological polar surface area (TPSA) is 48.1 Å². The fourth-order valence-electron chi connectivity index (χ4n) is 4.97. The molecule has 1 fully saturated rings. The minimum Gasteiger partial charge on any atom is -0.361 e. The predicted molar refractivity (Wildman–Crippen MR) is 109 cm³/mol. The first-order valence-electron chi connectivity index (χ1n) is 9.95. The first-order chi connectivity index (χ1) is 13.1. The quantitative estimate of drug-likeness (QED) is 0.776. The van der Waals surface area contributed by atoms with Crippen molar-refractivity contribution in [2.24, 2.45) is 0 Å². The summed E-state index contributed by atoms with van der Waals surface area (Å²) >= 11 is 0. The molecule has 27 heavy (non-hydrogen) atoms. The van der Waals surface area contributed by atoms with Crippen molar-refractivity contribution >= 4 is 16.9 Å². The van der Waals surface area contributed by atoms with Crippen molar-refractivity contribution in [1.82, 2.24) is 19.9 Å². The van der Waals surface area contributed by atoms with Gasteiger partial charge in [0.05, 0.1) is 5.69 Å². The molecule has 3 aromatic rings. The van der Waals surface area contributed by atoms with Crippen molar-refractivity contribution in [1.29, 1.82) is 0 Å². The number of aromatic amines is 1. The van der Waals surface area contributed by atoms with E-state index in [1.165, 1.54) is 53.5 Å². The number of anilines is 1. The van der Waals surface area contributed by atoms with Gasteiger partial charge in [-0.05, 0) is 66.9 Å². The van der Waals surface area contributed by atoms with Crippen LogP contribution in [0.2, 0.25) is 0 Å². The van der Waals surface area contributed by atoms with Gasteiger partial charge in [-0.2, -0.15) is 0 Å². The molecule has 5 heteroatoms. The molecule has 0 radical (unpaired) electrons. The van der Waals surface area contributed by atoms with Gasteiger partial charge in [0.2, 0.25) is 5.95 Å². The van der Waals surface area contributed by atoms with E-state index in [-0.39, 0.29) is 5.41 Å². The zero-order valence-corrected chi connectivity index (χ0v) is 16.2. The summed E-state index contributed by atoms with van der Waals surface area (Å²) in [6, 6.07) is 8.94. The standard InChI is InChI=1S/C22H27N5/c1-26(2)21-24-13-18-6-9-22(20(18)25-21)8-3-11-27(15-22)14-16-4-5-19-17(12-16)7-10-23-19/h4-5,7,10,12-13,23H,3,6,8-9,11,14-15H2,1-2H3. The van der Waals surface area contributed by atoms with E-state index in [4.69, 9.17) is 4.98 Å². The molecule has 1 aliphatic heterocycles. The molecule has 1 N–H and O–H groups in total. The van der Waals surface area contributed by atoms with Gasteiger partial charge in [0.25, 0.3) is 0 Å². The van der Waals surface area contributed by atoms with E-state index in [2.05, 4.69) is 45.3 Å². The van der Waals surface area contributed by atoms with Crippen LogP contribution in [0.1, 0.15) is 36.1 Å². The maximum atomic E-state index is 4.99. The Morgan fingerprint density at radius 3 is 3.04 bits per heavy atom. The summed E-state index contributed by atoms with van der Waals surface area (Å²) < 4.78 is 0. The highest BCUT2D eigenvalue weighted by atomic mass is 15.2. The summed E-state index contributed by atoms with van der Waals surface area (Å²) in [5.74, 6) is 0.838. The zero-order chi connectivity index (χ0) is 18.4. The molecule has 1 aliphatic carbocycles. The van der Waals surface area contributed by atoms with Gasteiger partial charge < -0.3 is 9.88 Å². The van der Waals surface area contributed by atoms with Gasteiger partial charge >= 0.3 is 0 Å². The van der Waals surface area contributed by atoms with Crippen LogP contribution in [-0.4, -0.2) is 47.0 Å². The van der Waals surface area contributed by atoms with Crippen molar-refractivity contribution < 1.29 is 0 Å². The van der Waals surface area contributed by atoms with E-state index in [9.17, 15) is 0 Å². The number of hydrogen-bond donors (Lipinski definition) is 1. The van der Waals surface area contributed by atoms with Crippen LogP contribution in [0.3, 0.4) is 0 Å². The van der Waals surface area contributed by atoms with Gasteiger partial charge in [-0.25, -0.2) is 9.97 Å². The molecule has 5 rings (SSSR count). The van der Waals surface area contributed by atoms with Crippen LogP contribution in [0.5, 0.6) is 0 Å². The number of rotatable bonds is 3. The molecule has 0 saturated carbocycles. The number of hydrogen-bond acceptors (Lipinski definition) is 4. The minimum absolute atomic E-state index is 0.208. The molecule has 5 nitrogen and oxygen atoms in total. The summed E-state index contributed by atoms with van der Waals surface area (Å²) in [6.45, 7) is 3.30. The second-order valence-electron chi connectivity index (χ2n) is 8.43. The number of nitrogens with one attached hydrogen (secondary N) is 1. The maximum Gasteiger partial charge on any atom is 0.225 e. The van der Waals surface area contributed by atoms with Crippen LogP contribution in [-0.2, 0) is 18.4 Å². The molecule has 140 valence electrons. The molecule has 1 spiro atoms. The summed E-state index contributed by atoms with van der Waals surface area (Å²) in [6.07, 6.45) is 8.89. The Kier molecular flexibility index (Phi) is 3.93. The number of nitrogens with zero attached hydrogens (tertiary/aromatic N) is 4. The minimum atomic E-state index is 0.208. The van der Waals surface area contributed by atoms with Crippen molar-refractivity contribution in [2.75, 3.05) is 32.1 Å². The van der Waals surface area contributed by atoms with Gasteiger partial charge in [-0.3, -0.25) is 4.90 Å². The van der Waals surface area contributed by atoms with Crippen molar-refractivity contribution in [3.05, 3.63) is 53.5 Å². The molecule has 2 aromatic heterocycles. The summed E-state index contributed by atoms with van der Waals surface area (Å²) in [4.78, 5) is 17.5. The molecule has 2 aliphatic rings. The maximum absolute atomic E-state index is 4.99. The number of aromatic nitrogens is 3. The Balaban J connectivity index is 1.41. The van der Waals surface area contributed by atoms with Crippen LogP contribution in [0.15, 0.2) is 36.7 Å². The van der Waals surface area contributed by atoms with Crippen molar-refractivity contribution in [3.63, 3.8) is 0 Å². The lowest BCUT2D eigenvalue weighted by Crippen LogP contribution is -2.45. The van der Waals surface area contributed by atoms with Gasteiger partial charge in [0, 0.05) is 50.5 Å². The smallest absolute Gasteiger partial charge is 0.225 e. The van der Waals surface area contributed by atoms with E-state index in [1.807, 2.05) is 25.2 Å². The number of benzene rings is 1. The Morgan fingerprint density at radius 2 is 2.15 bits per heavy atom. The molecule has 0 amide bonds. The van der Waals surface area contributed by atoms with Crippen LogP contribution in [0.4, 0.5) is 5.95 Å². The molecule has 3 heterocycles. The number of aryl methyl sites for hydroxylation is 1. The molecule has 0 bridgehead atoms. The largest absolute Gasteiger partial charge is 0.361 e. The normalized spacial score (nSPS) is 22.4. The number of likely N-dealkylation sites (tertiary alicyclic amines) is 1. The fraction of sp³-hybridized carbons (Fsp3) is 0.455. The third kappa shape index (κ3) is 2.90. The van der Waals surface area contributed by atoms with Crippen molar-refractivity contribution in [2.45, 2.75) is 37.6 Å². The highest BCUT2D eigenvalue weighted by Crippen LogP contribution is 2.44. The second-order valence-corrected chi connectivity index (χ2v) is 8.43. The Labute approximate surface area is 160 Å². The lowest BCUT2D eigenvalue weighted by atomic mass is 9.77. The van der Waals surface area contributed by atoms with Gasteiger partial charge in [0.15, 0.2) is 0 Å². The van der Waals surface area contributed by atoms with Gasteiger partial charge in [-0.15, -0.1) is 0 Å². The Morgan fingerprint density at radius 1 is 1.22 bits per heavy atom. The summed E-state index contributed by atoms with van der Waals surface area (Å²) in [5, 5.41) is 1.30. The third-order valence-corrected chi connectivity index (χ3v) is 6.31. The average molecular weight is 361 g/mol. The van der Waals surface area contributed by atoms with Crippen molar-refractivity contribution in [3.8, 4) is 0 Å². The number of H-pyrrole nitrogens is 1. The molecule has 1 aromatic carbocycles. The molecule has 1 atom stereocenters. The van der Waals surface area contributed by atoms with Crippen LogP contribution in [0.25, 0.3) is 10.9 Å². The molecular formula is C22H27N5. The van der Waals surface area contributed by atoms with E-state index in [0.29, 0.717) is 0 Å². The fourth-order valence-corrected chi connectivity index (χ4v) is 4.97. The van der Waals surface area contributed by atoms with Gasteiger partial charge in [0.1, 0.15) is 0 Å². The van der Waals surface area contributed by atoms with E-state index < -0.39 is 0 Å². The summed E-state index contributed by atoms with van der Waals surface area (Å²) in [5.41, 5.74) is 5.49. The third-order valence-electron chi connectivity index (χ3n) is 6.31. The SMILES string of the molecule is CN(C)c1ncc2c(n1)C1(CCCN(Cc3ccc4[nH]ccc4c3)C1)CC2. The second kappa shape index (κ2) is 6.34. The van der Waals surface area contributed by atoms with Crippen LogP contribution < -0.4 is 4.90 Å². The Hall–Kier alpha value is -2.40. The lowest BCUT2D eigenvalue weighted by Gasteiger charge is -2.40. The highest BCUT2D eigenvalue weighted by Gasteiger charge is 2.43. The lowest BCUT2D eigenvalue weighted by molar-refractivity contribution is 0.137. The average Bonchev–Trinajstić information content (AvgIpc) is 3.27. The summed E-state index contributed by atoms with van der Waals surface area (Å²) in [7, 11) is 4.04. The highest BCUT2D eigenvalue weighted by molar-refractivity contribution is 5.79. The van der Waals surface area contributed by atoms with Crippen LogP contribution >= 0.6 is 0 Å². The predicted octanol–water partition coefficient (Wildman–Crippen LogP) is 3.50. The van der Waals surface area contributed by atoms with Gasteiger partial charge in [-0.1, -0.05) is 6.07 Å². The zero-order valence-electron chi connectivity index (χ0n) is 16.2. The number of piperidine rings is 1. The molecule has 1 saturated heterocycles. The first kappa shape index (κ1) is 16.8. The monoisotopic (exact) mass is 361 g/mol. The molecule has 1 unspecified atom stereocenters. The number of fused-ring (bicyclic) bond motifs is 3. The molecular weight excluding hydrogens is 334 g/mol. The Bertz CT molecular complexity index is 972. The first-order valence-corrected chi connectivity index (χ1v) is 9.95. The van der Waals surface area contributed by atoms with Crippen LogP contribution in [0, 0.1) is 0 Å². The van der Waals surface area contributed by atoms with E-state index in [1.54, 1.807) is 0 Å².